The molecule has 1 N–H and O–H groups in total. The van der Waals surface area contributed by atoms with Crippen molar-refractivity contribution in [3.05, 3.63) is 29.8 Å². The van der Waals surface area contributed by atoms with Gasteiger partial charge < -0.3 is 10.2 Å². The number of piperazine rings is 1. The van der Waals surface area contributed by atoms with Gasteiger partial charge in [-0.25, -0.2) is 8.42 Å². The molecule has 1 aliphatic heterocycles. The van der Waals surface area contributed by atoms with Crippen molar-refractivity contribution in [2.75, 3.05) is 32.7 Å². The fraction of sp³-hybridized carbons (Fsp3) is 0.562. The summed E-state index contributed by atoms with van der Waals surface area (Å²) in [6.07, 6.45) is 0. The van der Waals surface area contributed by atoms with Crippen LogP contribution in [0.1, 0.15) is 31.1 Å². The summed E-state index contributed by atoms with van der Waals surface area (Å²) in [4.78, 5) is 14.6. The number of benzene rings is 1. The molecule has 1 heterocycles. The first-order valence-electron chi connectivity index (χ1n) is 8.03. The number of hydrogen-bond donors (Lipinski definition) is 1. The third kappa shape index (κ3) is 3.73. The first kappa shape index (κ1) is 17.9. The summed E-state index contributed by atoms with van der Waals surface area (Å²) in [6.45, 7) is 8.71. The summed E-state index contributed by atoms with van der Waals surface area (Å²) < 4.78 is 26.3. The van der Waals surface area contributed by atoms with E-state index in [1.54, 1.807) is 12.1 Å². The van der Waals surface area contributed by atoms with Crippen molar-refractivity contribution in [1.29, 1.82) is 0 Å². The molecule has 1 saturated heterocycles. The van der Waals surface area contributed by atoms with Crippen molar-refractivity contribution in [3.8, 4) is 0 Å². The molecule has 23 heavy (non-hydrogen) atoms. The van der Waals surface area contributed by atoms with E-state index in [2.05, 4.69) is 5.32 Å². The van der Waals surface area contributed by atoms with Gasteiger partial charge in [-0.1, -0.05) is 13.8 Å². The van der Waals surface area contributed by atoms with E-state index in [1.165, 1.54) is 16.4 Å². The molecule has 0 saturated carbocycles. The van der Waals surface area contributed by atoms with E-state index < -0.39 is 10.0 Å². The summed E-state index contributed by atoms with van der Waals surface area (Å²) >= 11 is 0. The largest absolute Gasteiger partial charge is 0.333 e. The highest BCUT2D eigenvalue weighted by molar-refractivity contribution is 7.89. The Bertz CT molecular complexity index is 639. The van der Waals surface area contributed by atoms with E-state index in [0.29, 0.717) is 25.2 Å². The highest BCUT2D eigenvalue weighted by Crippen LogP contribution is 2.18. The molecule has 7 heteroatoms. The Morgan fingerprint density at radius 2 is 1.87 bits per heavy atom. The maximum atomic E-state index is 12.6. The maximum Gasteiger partial charge on any atom is 0.254 e. The van der Waals surface area contributed by atoms with E-state index in [0.717, 1.165) is 13.1 Å². The summed E-state index contributed by atoms with van der Waals surface area (Å²) in [6, 6.07) is 6.39. The molecule has 128 valence electrons. The number of nitrogens with zero attached hydrogens (tertiary/aromatic N) is 2. The number of sulfonamides is 1. The van der Waals surface area contributed by atoms with Crippen molar-refractivity contribution in [1.82, 2.24) is 14.5 Å². The molecule has 0 bridgehead atoms. The minimum absolute atomic E-state index is 0.0502. The summed E-state index contributed by atoms with van der Waals surface area (Å²) in [5.74, 6) is -0.0502. The van der Waals surface area contributed by atoms with E-state index >= 15 is 0 Å². The number of carbonyl (C=O) groups is 1. The Morgan fingerprint density at radius 3 is 2.39 bits per heavy atom. The number of hydrogen-bond acceptors (Lipinski definition) is 4. The summed E-state index contributed by atoms with van der Waals surface area (Å²) in [7, 11) is -3.48. The highest BCUT2D eigenvalue weighted by Gasteiger charge is 2.25. The number of carbonyl (C=O) groups excluding carboxylic acids is 1. The van der Waals surface area contributed by atoms with Crippen LogP contribution < -0.4 is 5.32 Å². The fourth-order valence-corrected chi connectivity index (χ4v) is 4.25. The molecule has 6 nitrogen and oxygen atoms in total. The van der Waals surface area contributed by atoms with Crippen molar-refractivity contribution in [2.24, 2.45) is 0 Å². The van der Waals surface area contributed by atoms with Gasteiger partial charge in [0, 0.05) is 44.3 Å². The van der Waals surface area contributed by atoms with E-state index in [1.807, 2.05) is 25.7 Å². The molecule has 1 aromatic carbocycles. The Kier molecular flexibility index (Phi) is 5.78. The SMILES string of the molecule is CCN(CC)S(=O)(=O)c1ccc(C(=O)N2CCNC[C@@H]2C)cc1. The average Bonchev–Trinajstić information content (AvgIpc) is 2.55. The topological polar surface area (TPSA) is 69.7 Å². The van der Waals surface area contributed by atoms with Gasteiger partial charge in [0.05, 0.1) is 4.90 Å². The number of amides is 1. The second kappa shape index (κ2) is 7.42. The Hall–Kier alpha value is -1.44. The summed E-state index contributed by atoms with van der Waals surface area (Å²) in [5, 5.41) is 3.25. The molecule has 0 spiro atoms. The minimum atomic E-state index is -3.48. The lowest BCUT2D eigenvalue weighted by Gasteiger charge is -2.34. The average molecular weight is 339 g/mol. The van der Waals surface area contributed by atoms with Gasteiger partial charge in [-0.05, 0) is 31.2 Å². The van der Waals surface area contributed by atoms with E-state index in [9.17, 15) is 13.2 Å². The van der Waals surface area contributed by atoms with Crippen LogP contribution in [-0.4, -0.2) is 62.3 Å². The zero-order valence-corrected chi connectivity index (χ0v) is 14.8. The third-order valence-corrected chi connectivity index (χ3v) is 6.27. The van der Waals surface area contributed by atoms with Crippen LogP contribution in [0.25, 0.3) is 0 Å². The Morgan fingerprint density at radius 1 is 1.26 bits per heavy atom. The van der Waals surface area contributed by atoms with Crippen molar-refractivity contribution >= 4 is 15.9 Å². The van der Waals surface area contributed by atoms with Gasteiger partial charge in [0.2, 0.25) is 10.0 Å². The predicted octanol–water partition coefficient (Wildman–Crippen LogP) is 1.15. The van der Waals surface area contributed by atoms with Gasteiger partial charge in [-0.15, -0.1) is 0 Å². The van der Waals surface area contributed by atoms with Crippen LogP contribution in [-0.2, 0) is 10.0 Å². The highest BCUT2D eigenvalue weighted by atomic mass is 32.2. The molecule has 0 aromatic heterocycles. The van der Waals surface area contributed by atoms with Gasteiger partial charge >= 0.3 is 0 Å². The van der Waals surface area contributed by atoms with Gasteiger partial charge in [-0.3, -0.25) is 4.79 Å². The maximum absolute atomic E-state index is 12.6. The van der Waals surface area contributed by atoms with Crippen LogP contribution in [0.2, 0.25) is 0 Å². The van der Waals surface area contributed by atoms with Crippen LogP contribution in [0.5, 0.6) is 0 Å². The molecule has 0 unspecified atom stereocenters. The standard InChI is InChI=1S/C16H25N3O3S/c1-4-18(5-2)23(21,22)15-8-6-14(7-9-15)16(20)19-11-10-17-12-13(19)3/h6-9,13,17H,4-5,10-12H2,1-3H3/t13-/m0/s1. The Balaban J connectivity index is 2.21. The first-order valence-corrected chi connectivity index (χ1v) is 9.47. The van der Waals surface area contributed by atoms with Crippen LogP contribution in [0.15, 0.2) is 29.2 Å². The van der Waals surface area contributed by atoms with Crippen LogP contribution in [0.3, 0.4) is 0 Å². The van der Waals surface area contributed by atoms with Gasteiger partial charge in [0.25, 0.3) is 5.91 Å². The molecule has 0 radical (unpaired) electrons. The molecular weight excluding hydrogens is 314 g/mol. The monoisotopic (exact) mass is 339 g/mol. The van der Waals surface area contributed by atoms with E-state index in [-0.39, 0.29) is 16.8 Å². The van der Waals surface area contributed by atoms with Crippen LogP contribution in [0.4, 0.5) is 0 Å². The second-order valence-electron chi connectivity index (χ2n) is 5.67. The minimum Gasteiger partial charge on any atom is -0.333 e. The normalized spacial score (nSPS) is 19.1. The summed E-state index contributed by atoms with van der Waals surface area (Å²) in [5.41, 5.74) is 0.525. The molecule has 1 fully saturated rings. The third-order valence-electron chi connectivity index (χ3n) is 4.21. The lowest BCUT2D eigenvalue weighted by molar-refractivity contribution is 0.0655. The zero-order chi connectivity index (χ0) is 17.0. The molecule has 1 amide bonds. The van der Waals surface area contributed by atoms with Crippen molar-refractivity contribution in [2.45, 2.75) is 31.7 Å². The lowest BCUT2D eigenvalue weighted by atomic mass is 10.1. The van der Waals surface area contributed by atoms with Gasteiger partial charge in [0.15, 0.2) is 0 Å². The number of nitrogens with one attached hydrogen (secondary N) is 1. The Labute approximate surface area is 138 Å². The quantitative estimate of drug-likeness (QED) is 0.874. The van der Waals surface area contributed by atoms with Gasteiger partial charge in [-0.2, -0.15) is 4.31 Å². The lowest BCUT2D eigenvalue weighted by Crippen LogP contribution is -2.52. The van der Waals surface area contributed by atoms with E-state index in [4.69, 9.17) is 0 Å². The smallest absolute Gasteiger partial charge is 0.254 e. The molecule has 2 rings (SSSR count). The molecular formula is C16H25N3O3S. The second-order valence-corrected chi connectivity index (χ2v) is 7.60. The van der Waals surface area contributed by atoms with Crippen molar-refractivity contribution < 1.29 is 13.2 Å². The zero-order valence-electron chi connectivity index (χ0n) is 13.9. The molecule has 0 aliphatic carbocycles. The van der Waals surface area contributed by atoms with Crippen LogP contribution >= 0.6 is 0 Å². The number of rotatable bonds is 5. The molecule has 1 aliphatic rings. The fourth-order valence-electron chi connectivity index (χ4n) is 2.79. The van der Waals surface area contributed by atoms with Crippen LogP contribution in [0, 0.1) is 0 Å². The van der Waals surface area contributed by atoms with Gasteiger partial charge in [0.1, 0.15) is 0 Å². The molecule has 1 aromatic rings. The molecule has 1 atom stereocenters. The first-order chi connectivity index (χ1) is 10.9. The predicted molar refractivity (Wildman–Crippen MR) is 89.9 cm³/mol. The van der Waals surface area contributed by atoms with Crippen molar-refractivity contribution in [3.63, 3.8) is 0 Å².